The molecule has 3 aliphatic heterocycles. The summed E-state index contributed by atoms with van der Waals surface area (Å²) in [5.41, 5.74) is 7.56. The Bertz CT molecular complexity index is 1460. The monoisotopic (exact) mass is 531 g/mol. The first-order valence-corrected chi connectivity index (χ1v) is 13.4. The maximum Gasteiger partial charge on any atom is 0.274 e. The molecule has 204 valence electrons. The van der Waals surface area contributed by atoms with Gasteiger partial charge in [-0.2, -0.15) is 0 Å². The van der Waals surface area contributed by atoms with Crippen LogP contribution in [0.15, 0.2) is 48.1 Å². The Kier molecular flexibility index (Phi) is 5.85. The molecule has 1 aromatic carbocycles. The number of nitrogens with one attached hydrogen (secondary N) is 2. The number of imidazole rings is 1. The number of rotatable bonds is 5. The molecule has 4 aliphatic rings. The molecule has 0 bridgehead atoms. The van der Waals surface area contributed by atoms with E-state index in [0.717, 1.165) is 41.6 Å². The minimum atomic E-state index is -0.317. The number of ether oxygens (including phenoxy) is 2. The van der Waals surface area contributed by atoms with Gasteiger partial charge in [-0.1, -0.05) is 6.07 Å². The number of anilines is 2. The summed E-state index contributed by atoms with van der Waals surface area (Å²) in [5.74, 6) is 1.55. The Morgan fingerprint density at radius 2 is 2.08 bits per heavy atom. The maximum absolute atomic E-state index is 13.6. The van der Waals surface area contributed by atoms with Crippen molar-refractivity contribution in [2.24, 2.45) is 5.10 Å². The Morgan fingerprint density at radius 1 is 1.18 bits per heavy atom. The second kappa shape index (κ2) is 9.54. The van der Waals surface area contributed by atoms with Crippen molar-refractivity contribution in [3.63, 3.8) is 0 Å². The number of hydrazone groups is 1. The molecule has 0 radical (unpaired) electrons. The second-order valence-electron chi connectivity index (χ2n) is 10.3. The highest BCUT2D eigenvalue weighted by atomic mass is 16.5. The van der Waals surface area contributed by atoms with Crippen LogP contribution in [-0.2, 0) is 4.74 Å². The standard InChI is InChI=1S/C27H31N9O3.H2/c1-17-14-34(8-10-38-17)24-13-28-21(12-23(24)35-15-22(29-16-35)18-6-7-18)27(37)30-20-5-3-4-19-25(20)39-11-9-36-26(19)31-32-33(36)2;/h3-5,12-13,15-18,32H,6-11,14H2,1-2H3,(H,30,37);1H/t17-;/m0./s1. The van der Waals surface area contributed by atoms with E-state index in [-0.39, 0.29) is 13.4 Å². The molecule has 1 aliphatic carbocycles. The van der Waals surface area contributed by atoms with E-state index in [9.17, 15) is 4.79 Å². The number of hydrogen-bond acceptors (Lipinski definition) is 10. The second-order valence-corrected chi connectivity index (χ2v) is 10.3. The number of amides is 1. The highest BCUT2D eigenvalue weighted by molar-refractivity contribution is 6.08. The molecule has 1 saturated heterocycles. The van der Waals surface area contributed by atoms with Gasteiger partial charge in [0.05, 0.1) is 60.1 Å². The molecule has 2 fully saturated rings. The Labute approximate surface area is 227 Å². The predicted octanol–water partition coefficient (Wildman–Crippen LogP) is 2.59. The number of morpholine rings is 1. The number of aromatic nitrogens is 3. The number of nitrogens with zero attached hydrogens (tertiary/aromatic N) is 7. The normalized spacial score (nSPS) is 20.9. The van der Waals surface area contributed by atoms with Crippen LogP contribution in [0.2, 0.25) is 0 Å². The van der Waals surface area contributed by atoms with Gasteiger partial charge in [-0.05, 0) is 38.0 Å². The zero-order chi connectivity index (χ0) is 26.5. The highest BCUT2D eigenvalue weighted by Gasteiger charge is 2.31. The molecule has 1 atom stereocenters. The third kappa shape index (κ3) is 4.45. The zero-order valence-corrected chi connectivity index (χ0v) is 22.0. The van der Waals surface area contributed by atoms with Crippen LogP contribution in [0.1, 0.15) is 48.9 Å². The van der Waals surface area contributed by atoms with E-state index in [2.05, 4.69) is 43.9 Å². The van der Waals surface area contributed by atoms with E-state index >= 15 is 0 Å². The quantitative estimate of drug-likeness (QED) is 0.513. The fourth-order valence-electron chi connectivity index (χ4n) is 5.33. The largest absolute Gasteiger partial charge is 0.489 e. The van der Waals surface area contributed by atoms with Crippen LogP contribution in [0.25, 0.3) is 5.69 Å². The molecule has 39 heavy (non-hydrogen) atoms. The number of carbonyl (C=O) groups excluding carboxylic acids is 1. The van der Waals surface area contributed by atoms with Crippen molar-refractivity contribution in [1.29, 1.82) is 0 Å². The SMILES string of the molecule is C[C@H]1CN(c2cnc(C(=O)Nc3cccc4c3OCCN3C4=NNN3C)cc2-n2cnc(C3CC3)c2)CCO1.[HH]. The van der Waals surface area contributed by atoms with Crippen LogP contribution in [0.5, 0.6) is 5.75 Å². The van der Waals surface area contributed by atoms with Gasteiger partial charge in [0.25, 0.3) is 5.91 Å². The first kappa shape index (κ1) is 23.9. The summed E-state index contributed by atoms with van der Waals surface area (Å²) in [5, 5.41) is 11.3. The van der Waals surface area contributed by atoms with Gasteiger partial charge in [-0.3, -0.25) is 9.80 Å². The fourth-order valence-corrected chi connectivity index (χ4v) is 5.33. The lowest BCUT2D eigenvalue weighted by Crippen LogP contribution is -2.43. The van der Waals surface area contributed by atoms with E-state index in [4.69, 9.17) is 9.47 Å². The number of hydrogen-bond donors (Lipinski definition) is 2. The topological polar surface area (TPSA) is 112 Å². The average Bonchev–Trinajstić information content (AvgIpc) is 3.62. The molecule has 1 saturated carbocycles. The summed E-state index contributed by atoms with van der Waals surface area (Å²) in [7, 11) is 1.89. The van der Waals surface area contributed by atoms with Crippen LogP contribution >= 0.6 is 0 Å². The van der Waals surface area contributed by atoms with Crippen LogP contribution in [0.3, 0.4) is 0 Å². The van der Waals surface area contributed by atoms with Crippen LogP contribution < -0.4 is 20.5 Å². The number of hydrazine groups is 2. The lowest BCUT2D eigenvalue weighted by molar-refractivity contribution is 0.0401. The first-order valence-electron chi connectivity index (χ1n) is 13.4. The summed E-state index contributed by atoms with van der Waals surface area (Å²) in [6.07, 6.45) is 8.16. The Hall–Kier alpha value is -4.16. The molecule has 2 aromatic heterocycles. The molecule has 2 N–H and O–H groups in total. The van der Waals surface area contributed by atoms with E-state index in [1.165, 1.54) is 12.8 Å². The predicted molar refractivity (Wildman–Crippen MR) is 147 cm³/mol. The molecule has 0 unspecified atom stereocenters. The number of benzene rings is 1. The third-order valence-electron chi connectivity index (χ3n) is 7.51. The van der Waals surface area contributed by atoms with Gasteiger partial charge in [-0.25, -0.2) is 15.5 Å². The van der Waals surface area contributed by atoms with Crippen LogP contribution in [0, 0.1) is 0 Å². The van der Waals surface area contributed by atoms with Gasteiger partial charge < -0.3 is 24.3 Å². The molecular weight excluding hydrogens is 498 g/mol. The van der Waals surface area contributed by atoms with Crippen molar-refractivity contribution in [3.05, 3.63) is 59.9 Å². The molecular formula is C27H33N9O3. The van der Waals surface area contributed by atoms with Crippen molar-refractivity contribution in [3.8, 4) is 11.4 Å². The summed E-state index contributed by atoms with van der Waals surface area (Å²) in [6.45, 7) is 5.30. The summed E-state index contributed by atoms with van der Waals surface area (Å²) >= 11 is 0. The average molecular weight is 532 g/mol. The zero-order valence-electron chi connectivity index (χ0n) is 22.0. The number of carbonyl (C=O) groups is 1. The van der Waals surface area contributed by atoms with E-state index in [1.54, 1.807) is 6.20 Å². The van der Waals surface area contributed by atoms with Crippen LogP contribution in [0.4, 0.5) is 11.4 Å². The molecule has 0 spiro atoms. The number of pyridine rings is 1. The maximum atomic E-state index is 13.6. The Balaban J connectivity index is 0.00000289. The fraction of sp³-hybridized carbons (Fsp3) is 0.407. The molecule has 12 nitrogen and oxygen atoms in total. The molecule has 1 amide bonds. The van der Waals surface area contributed by atoms with E-state index < -0.39 is 0 Å². The number of amidine groups is 1. The number of para-hydroxylation sites is 1. The lowest BCUT2D eigenvalue weighted by atomic mass is 10.1. The Morgan fingerprint density at radius 3 is 2.92 bits per heavy atom. The number of fused-ring (bicyclic) bond motifs is 3. The molecule has 7 rings (SSSR count). The van der Waals surface area contributed by atoms with Crippen LogP contribution in [-0.4, -0.2) is 82.4 Å². The van der Waals surface area contributed by atoms with Gasteiger partial charge in [0.1, 0.15) is 12.3 Å². The molecule has 5 heterocycles. The summed E-state index contributed by atoms with van der Waals surface area (Å²) in [6, 6.07) is 7.50. The van der Waals surface area contributed by atoms with Gasteiger partial charge in [0.2, 0.25) is 0 Å². The van der Waals surface area contributed by atoms with Crippen molar-refractivity contribution in [1.82, 2.24) is 30.2 Å². The van der Waals surface area contributed by atoms with E-state index in [0.29, 0.717) is 42.8 Å². The van der Waals surface area contributed by atoms with Crippen molar-refractivity contribution in [2.45, 2.75) is 31.8 Å². The third-order valence-corrected chi connectivity index (χ3v) is 7.51. The summed E-state index contributed by atoms with van der Waals surface area (Å²) in [4.78, 5) is 25.1. The van der Waals surface area contributed by atoms with E-state index in [1.807, 2.05) is 52.3 Å². The molecule has 12 heteroatoms. The first-order chi connectivity index (χ1) is 19.0. The van der Waals surface area contributed by atoms with Crippen molar-refractivity contribution >= 4 is 23.1 Å². The van der Waals surface area contributed by atoms with Gasteiger partial charge in [0, 0.05) is 33.7 Å². The minimum Gasteiger partial charge on any atom is -0.489 e. The van der Waals surface area contributed by atoms with Gasteiger partial charge in [0.15, 0.2) is 11.6 Å². The molecule has 3 aromatic rings. The van der Waals surface area contributed by atoms with Gasteiger partial charge >= 0.3 is 0 Å². The van der Waals surface area contributed by atoms with Crippen molar-refractivity contribution < 1.29 is 15.7 Å². The van der Waals surface area contributed by atoms with Crippen molar-refractivity contribution in [2.75, 3.05) is 50.1 Å². The smallest absolute Gasteiger partial charge is 0.274 e. The lowest BCUT2D eigenvalue weighted by Gasteiger charge is -2.34. The highest BCUT2D eigenvalue weighted by Crippen LogP contribution is 2.40. The van der Waals surface area contributed by atoms with Gasteiger partial charge in [-0.15, -0.1) is 10.2 Å². The summed E-state index contributed by atoms with van der Waals surface area (Å²) < 4.78 is 13.9. The minimum absolute atomic E-state index is 0.